The van der Waals surface area contributed by atoms with E-state index in [0.29, 0.717) is 17.7 Å². The Morgan fingerprint density at radius 1 is 1.20 bits per heavy atom. The van der Waals surface area contributed by atoms with E-state index in [1.165, 1.54) is 0 Å². The summed E-state index contributed by atoms with van der Waals surface area (Å²) in [5, 5.41) is 3.04. The first kappa shape index (κ1) is 17.6. The first-order valence-corrected chi connectivity index (χ1v) is 8.93. The molecule has 1 aliphatic carbocycles. The number of nitrogens with two attached hydrogens (primary N) is 1. The van der Waals surface area contributed by atoms with Crippen molar-refractivity contribution < 1.29 is 14.4 Å². The number of carbonyl (C=O) groups is 3. The minimum Gasteiger partial charge on any atom is -0.351 e. The van der Waals surface area contributed by atoms with Crippen molar-refractivity contribution in [3.8, 4) is 0 Å². The predicted octanol–water partition coefficient (Wildman–Crippen LogP) is 1.55. The van der Waals surface area contributed by atoms with Gasteiger partial charge in [0.15, 0.2) is 0 Å². The van der Waals surface area contributed by atoms with Crippen molar-refractivity contribution in [1.82, 2.24) is 10.2 Å². The molecule has 134 valence electrons. The summed E-state index contributed by atoms with van der Waals surface area (Å²) in [5.74, 6) is -0.971. The lowest BCUT2D eigenvalue weighted by molar-refractivity contribution is -0.127. The van der Waals surface area contributed by atoms with Gasteiger partial charge in [-0.15, -0.1) is 0 Å². The van der Waals surface area contributed by atoms with Gasteiger partial charge in [-0.3, -0.25) is 19.3 Å². The second kappa shape index (κ2) is 6.96. The molecule has 1 saturated carbocycles. The second-order valence-corrected chi connectivity index (χ2v) is 7.26. The van der Waals surface area contributed by atoms with Crippen molar-refractivity contribution in [2.45, 2.75) is 45.2 Å². The Balaban J connectivity index is 1.83. The van der Waals surface area contributed by atoms with Gasteiger partial charge in [0.25, 0.3) is 11.8 Å². The quantitative estimate of drug-likeness (QED) is 0.794. The molecule has 0 bridgehead atoms. The van der Waals surface area contributed by atoms with Crippen molar-refractivity contribution in [2.75, 3.05) is 6.54 Å². The van der Waals surface area contributed by atoms with Crippen molar-refractivity contribution in [3.05, 3.63) is 35.4 Å². The Bertz CT molecular complexity index is 666. The maximum absolute atomic E-state index is 12.9. The van der Waals surface area contributed by atoms with Crippen LogP contribution in [0.2, 0.25) is 0 Å². The lowest BCUT2D eigenvalue weighted by atomic mass is 9.99. The average Bonchev–Trinajstić information content (AvgIpc) is 3.13. The highest BCUT2D eigenvalue weighted by Gasteiger charge is 2.44. The molecule has 2 aliphatic rings. The van der Waals surface area contributed by atoms with Crippen LogP contribution in [0.3, 0.4) is 0 Å². The molecule has 3 atom stereocenters. The molecule has 0 spiro atoms. The van der Waals surface area contributed by atoms with Crippen LogP contribution in [0.4, 0.5) is 0 Å². The van der Waals surface area contributed by atoms with E-state index < -0.39 is 17.9 Å². The molecule has 6 heteroatoms. The fourth-order valence-corrected chi connectivity index (χ4v) is 3.96. The zero-order valence-electron chi connectivity index (χ0n) is 14.7. The summed E-state index contributed by atoms with van der Waals surface area (Å²) in [6.07, 6.45) is 2.92. The summed E-state index contributed by atoms with van der Waals surface area (Å²) in [5.41, 5.74) is 6.52. The third-order valence-electron chi connectivity index (χ3n) is 5.29. The van der Waals surface area contributed by atoms with E-state index in [0.717, 1.165) is 24.2 Å². The molecule has 25 heavy (non-hydrogen) atoms. The van der Waals surface area contributed by atoms with Crippen LogP contribution in [0.1, 0.15) is 53.8 Å². The second-order valence-electron chi connectivity index (χ2n) is 7.26. The Morgan fingerprint density at radius 3 is 2.32 bits per heavy atom. The largest absolute Gasteiger partial charge is 0.351 e. The highest BCUT2D eigenvalue weighted by atomic mass is 16.2. The Morgan fingerprint density at radius 2 is 1.80 bits per heavy atom. The number of fused-ring (bicyclic) bond motifs is 1. The lowest BCUT2D eigenvalue weighted by Gasteiger charge is -2.30. The number of carbonyl (C=O) groups excluding carboxylic acids is 3. The van der Waals surface area contributed by atoms with Crippen molar-refractivity contribution in [3.63, 3.8) is 0 Å². The monoisotopic (exact) mass is 343 g/mol. The van der Waals surface area contributed by atoms with Gasteiger partial charge < -0.3 is 11.1 Å². The summed E-state index contributed by atoms with van der Waals surface area (Å²) >= 11 is 0. The Hall–Kier alpha value is -2.21. The number of imide groups is 1. The third-order valence-corrected chi connectivity index (χ3v) is 5.29. The van der Waals surface area contributed by atoms with E-state index in [4.69, 9.17) is 5.73 Å². The van der Waals surface area contributed by atoms with Gasteiger partial charge in [0.1, 0.15) is 6.04 Å². The highest BCUT2D eigenvalue weighted by molar-refractivity contribution is 6.22. The fraction of sp³-hybridized carbons (Fsp3) is 0.526. The zero-order valence-corrected chi connectivity index (χ0v) is 14.7. The number of nitrogens with one attached hydrogen (secondary N) is 1. The van der Waals surface area contributed by atoms with E-state index in [2.05, 4.69) is 5.32 Å². The van der Waals surface area contributed by atoms with Gasteiger partial charge in [0, 0.05) is 6.04 Å². The van der Waals surface area contributed by atoms with Gasteiger partial charge in [0.05, 0.1) is 11.1 Å². The fourth-order valence-electron chi connectivity index (χ4n) is 3.96. The number of hydrogen-bond acceptors (Lipinski definition) is 4. The van der Waals surface area contributed by atoms with Crippen molar-refractivity contribution in [1.29, 1.82) is 0 Å². The topological polar surface area (TPSA) is 92.5 Å². The van der Waals surface area contributed by atoms with Crippen LogP contribution in [0.5, 0.6) is 0 Å². The number of rotatable bonds is 5. The molecule has 3 N–H and O–H groups in total. The molecular formula is C19H25N3O3. The first-order chi connectivity index (χ1) is 12.0. The number of nitrogens with zero attached hydrogens (tertiary/aromatic N) is 1. The van der Waals surface area contributed by atoms with Gasteiger partial charge in [-0.2, -0.15) is 0 Å². The molecule has 3 amide bonds. The normalized spacial score (nSPS) is 23.9. The number of benzene rings is 1. The predicted molar refractivity (Wildman–Crippen MR) is 93.9 cm³/mol. The Kier molecular flexibility index (Phi) is 4.90. The molecule has 1 aliphatic heterocycles. The molecule has 1 heterocycles. The maximum Gasteiger partial charge on any atom is 0.262 e. The molecule has 3 unspecified atom stereocenters. The van der Waals surface area contributed by atoms with Crippen LogP contribution in [-0.4, -0.2) is 41.2 Å². The molecule has 1 fully saturated rings. The van der Waals surface area contributed by atoms with Crippen molar-refractivity contribution in [2.24, 2.45) is 17.6 Å². The molecular weight excluding hydrogens is 318 g/mol. The van der Waals surface area contributed by atoms with Crippen LogP contribution in [0.15, 0.2) is 24.3 Å². The maximum atomic E-state index is 12.9. The van der Waals surface area contributed by atoms with Gasteiger partial charge >= 0.3 is 0 Å². The van der Waals surface area contributed by atoms with E-state index in [1.807, 2.05) is 13.8 Å². The molecule has 6 nitrogen and oxygen atoms in total. The minimum absolute atomic E-state index is 0.0222. The molecule has 0 aromatic heterocycles. The summed E-state index contributed by atoms with van der Waals surface area (Å²) in [6, 6.07) is 5.92. The number of hydrogen-bond donors (Lipinski definition) is 2. The van der Waals surface area contributed by atoms with E-state index >= 15 is 0 Å². The summed E-state index contributed by atoms with van der Waals surface area (Å²) in [4.78, 5) is 39.5. The summed E-state index contributed by atoms with van der Waals surface area (Å²) in [6.45, 7) is 4.23. The summed E-state index contributed by atoms with van der Waals surface area (Å²) in [7, 11) is 0. The van der Waals surface area contributed by atoms with Crippen molar-refractivity contribution >= 4 is 17.7 Å². The molecule has 1 aromatic rings. The average molecular weight is 343 g/mol. The van der Waals surface area contributed by atoms with E-state index in [1.54, 1.807) is 24.3 Å². The van der Waals surface area contributed by atoms with Crippen LogP contribution in [-0.2, 0) is 4.79 Å². The van der Waals surface area contributed by atoms with Crippen LogP contribution < -0.4 is 11.1 Å². The first-order valence-electron chi connectivity index (χ1n) is 8.93. The third kappa shape index (κ3) is 3.06. The SMILES string of the molecule is CC(C)C(C(=O)NC1CCCC1CN)N1C(=O)c2ccccc2C1=O. The van der Waals surface area contributed by atoms with Gasteiger partial charge in [-0.25, -0.2) is 0 Å². The zero-order chi connectivity index (χ0) is 18.1. The van der Waals surface area contributed by atoms with Crippen LogP contribution >= 0.6 is 0 Å². The van der Waals surface area contributed by atoms with E-state index in [9.17, 15) is 14.4 Å². The van der Waals surface area contributed by atoms with Crippen LogP contribution in [0.25, 0.3) is 0 Å². The lowest BCUT2D eigenvalue weighted by Crippen LogP contribution is -2.55. The van der Waals surface area contributed by atoms with Gasteiger partial charge in [-0.05, 0) is 43.4 Å². The minimum atomic E-state index is -0.813. The molecule has 3 rings (SSSR count). The van der Waals surface area contributed by atoms with Crippen LogP contribution in [0, 0.1) is 11.8 Å². The standard InChI is InChI=1S/C19H25N3O3/c1-11(2)16(17(23)21-15-9-5-6-12(15)10-20)22-18(24)13-7-3-4-8-14(13)19(22)25/h3-4,7-8,11-12,15-16H,5-6,9-10,20H2,1-2H3,(H,21,23). The molecule has 0 saturated heterocycles. The Labute approximate surface area is 147 Å². The van der Waals surface area contributed by atoms with E-state index in [-0.39, 0.29) is 23.8 Å². The highest BCUT2D eigenvalue weighted by Crippen LogP contribution is 2.29. The smallest absolute Gasteiger partial charge is 0.262 e. The van der Waals surface area contributed by atoms with Gasteiger partial charge in [-0.1, -0.05) is 32.4 Å². The van der Waals surface area contributed by atoms with Gasteiger partial charge in [0.2, 0.25) is 5.91 Å². The summed E-state index contributed by atoms with van der Waals surface area (Å²) < 4.78 is 0. The molecule has 1 aromatic carbocycles. The number of amides is 3. The molecule has 0 radical (unpaired) electrons.